The summed E-state index contributed by atoms with van der Waals surface area (Å²) in [4.78, 5) is -0.276. The Morgan fingerprint density at radius 2 is 1.40 bits per heavy atom. The third-order valence-electron chi connectivity index (χ3n) is 7.38. The molecule has 43 heavy (non-hydrogen) atoms. The average Bonchev–Trinajstić information content (AvgIpc) is 3.00. The molecule has 234 valence electrons. The smallest absolute Gasteiger partial charge is 0.298 e. The third-order valence-corrected chi connectivity index (χ3v) is 8.73. The lowest BCUT2D eigenvalue weighted by Gasteiger charge is -2.45. The van der Waals surface area contributed by atoms with E-state index < -0.39 is 84.7 Å². The van der Waals surface area contributed by atoms with Crippen LogP contribution in [0.1, 0.15) is 0 Å². The van der Waals surface area contributed by atoms with E-state index in [0.717, 1.165) is 0 Å². The molecule has 0 amide bonds. The van der Waals surface area contributed by atoms with Crippen LogP contribution in [0.3, 0.4) is 0 Å². The highest BCUT2D eigenvalue weighted by molar-refractivity contribution is 7.87. The summed E-state index contributed by atoms with van der Waals surface area (Å²) in [6.07, 6.45) is -17.7. The number of hydrogen-bond donors (Lipinski definition) is 8. The van der Waals surface area contributed by atoms with Gasteiger partial charge in [-0.05, 0) is 29.7 Å². The molecule has 0 bridgehead atoms. The first kappa shape index (κ1) is 31.6. The van der Waals surface area contributed by atoms with Gasteiger partial charge in [-0.1, -0.05) is 42.5 Å². The number of benzene rings is 3. The third kappa shape index (κ3) is 6.39. The highest BCUT2D eigenvalue weighted by Gasteiger charge is 2.52. The van der Waals surface area contributed by atoms with E-state index in [2.05, 4.69) is 5.32 Å². The number of ether oxygens (including phenoxy) is 3. The molecule has 0 spiro atoms. The van der Waals surface area contributed by atoms with Crippen LogP contribution in [-0.2, 0) is 28.5 Å². The van der Waals surface area contributed by atoms with Crippen molar-refractivity contribution in [1.29, 1.82) is 0 Å². The van der Waals surface area contributed by atoms with Crippen LogP contribution < -0.4 is 5.32 Å². The number of fused-ring (bicyclic) bond motifs is 1. The monoisotopic (exact) mass is 623 g/mol. The minimum atomic E-state index is -4.74. The normalized spacial score (nSPS) is 33.4. The molecule has 3 aromatic rings. The second kappa shape index (κ2) is 13.1. The predicted octanol–water partition coefficient (Wildman–Crippen LogP) is -1.09. The standard InChI is InChI=1S/C28H33NO13S/c30-12-17-21(32)26(24(35)28(40-17)41-25-18(13-31)39-27(36)23(34)22(25)33)42-43(37,38)19-11-5-7-14-6-4-10-16(20(14)19)29-15-8-2-1-3-9-15/h1-11,17-18,21-36H,12-13H2/t17-,18-,21-,22-,23-,24-,25-,26+,27-,28-/m1/s1. The first-order valence-electron chi connectivity index (χ1n) is 13.4. The van der Waals surface area contributed by atoms with Crippen LogP contribution in [0.25, 0.3) is 10.8 Å². The molecule has 0 aromatic heterocycles. The summed E-state index contributed by atoms with van der Waals surface area (Å²) in [6.45, 7) is -1.63. The molecular formula is C28H33NO13S. The minimum Gasteiger partial charge on any atom is -0.394 e. The largest absolute Gasteiger partial charge is 0.394 e. The number of para-hydroxylation sites is 1. The Morgan fingerprint density at radius 1 is 0.721 bits per heavy atom. The van der Waals surface area contributed by atoms with Crippen LogP contribution >= 0.6 is 0 Å². The summed E-state index contributed by atoms with van der Waals surface area (Å²) in [5, 5.41) is 75.6. The summed E-state index contributed by atoms with van der Waals surface area (Å²) in [7, 11) is -4.74. The molecule has 0 radical (unpaired) electrons. The van der Waals surface area contributed by atoms with Crippen molar-refractivity contribution < 1.29 is 62.6 Å². The van der Waals surface area contributed by atoms with Crippen LogP contribution in [0.15, 0.2) is 71.6 Å². The molecule has 0 unspecified atom stereocenters. The molecule has 2 aliphatic rings. The molecule has 2 aliphatic heterocycles. The van der Waals surface area contributed by atoms with Crippen molar-refractivity contribution in [3.8, 4) is 0 Å². The van der Waals surface area contributed by atoms with Gasteiger partial charge in [0.15, 0.2) is 12.6 Å². The zero-order valence-corrected chi connectivity index (χ0v) is 23.3. The highest BCUT2D eigenvalue weighted by atomic mass is 32.2. The maximum atomic E-state index is 13.8. The fraction of sp³-hybridized carbons (Fsp3) is 0.429. The maximum Gasteiger partial charge on any atom is 0.298 e. The van der Waals surface area contributed by atoms with E-state index in [4.69, 9.17) is 18.4 Å². The highest BCUT2D eigenvalue weighted by Crippen LogP contribution is 2.36. The second-order valence-corrected chi connectivity index (χ2v) is 11.7. The molecule has 2 heterocycles. The van der Waals surface area contributed by atoms with Gasteiger partial charge in [0.1, 0.15) is 53.7 Å². The lowest BCUT2D eigenvalue weighted by atomic mass is 9.97. The lowest BCUT2D eigenvalue weighted by Crippen LogP contribution is -2.65. The van der Waals surface area contributed by atoms with Crippen LogP contribution in [0.2, 0.25) is 0 Å². The summed E-state index contributed by atoms with van der Waals surface area (Å²) in [6, 6.07) is 18.7. The Bertz CT molecular complexity index is 1490. The van der Waals surface area contributed by atoms with Gasteiger partial charge in [-0.2, -0.15) is 8.42 Å². The zero-order valence-electron chi connectivity index (χ0n) is 22.5. The van der Waals surface area contributed by atoms with Crippen LogP contribution in [0, 0.1) is 0 Å². The van der Waals surface area contributed by atoms with Gasteiger partial charge in [-0.3, -0.25) is 4.18 Å². The molecule has 3 aromatic carbocycles. The van der Waals surface area contributed by atoms with Crippen molar-refractivity contribution in [2.24, 2.45) is 0 Å². The van der Waals surface area contributed by atoms with E-state index in [0.29, 0.717) is 16.8 Å². The predicted molar refractivity (Wildman–Crippen MR) is 148 cm³/mol. The van der Waals surface area contributed by atoms with Gasteiger partial charge in [0.05, 0.1) is 13.2 Å². The molecule has 2 saturated heterocycles. The van der Waals surface area contributed by atoms with E-state index in [1.807, 2.05) is 18.2 Å². The van der Waals surface area contributed by atoms with E-state index in [1.54, 1.807) is 36.4 Å². The summed E-state index contributed by atoms with van der Waals surface area (Å²) >= 11 is 0. The molecule has 0 aliphatic carbocycles. The molecule has 5 rings (SSSR count). The Labute approximate surface area is 246 Å². The van der Waals surface area contributed by atoms with Gasteiger partial charge in [0.25, 0.3) is 10.1 Å². The molecule has 10 atom stereocenters. The summed E-state index contributed by atoms with van der Waals surface area (Å²) < 4.78 is 49.0. The molecule has 0 saturated carbocycles. The molecule has 15 heteroatoms. The fourth-order valence-corrected chi connectivity index (χ4v) is 6.51. The van der Waals surface area contributed by atoms with Gasteiger partial charge < -0.3 is 55.3 Å². The van der Waals surface area contributed by atoms with Gasteiger partial charge in [-0.15, -0.1) is 0 Å². The summed E-state index contributed by atoms with van der Waals surface area (Å²) in [5.74, 6) is 0. The lowest BCUT2D eigenvalue weighted by molar-refractivity contribution is -0.353. The van der Waals surface area contributed by atoms with Crippen molar-refractivity contribution >= 4 is 32.3 Å². The topological polar surface area (TPSA) is 225 Å². The fourth-order valence-electron chi connectivity index (χ4n) is 5.16. The molecule has 2 fully saturated rings. The zero-order chi connectivity index (χ0) is 30.9. The first-order chi connectivity index (χ1) is 20.6. The first-order valence-corrected chi connectivity index (χ1v) is 14.8. The summed E-state index contributed by atoms with van der Waals surface area (Å²) in [5.41, 5.74) is 1.13. The quantitative estimate of drug-likeness (QED) is 0.133. The Morgan fingerprint density at radius 3 is 2.07 bits per heavy atom. The van der Waals surface area contributed by atoms with Crippen molar-refractivity contribution in [2.45, 2.75) is 66.3 Å². The van der Waals surface area contributed by atoms with Gasteiger partial charge >= 0.3 is 0 Å². The Balaban J connectivity index is 1.45. The second-order valence-electron chi connectivity index (χ2n) is 10.2. The minimum absolute atomic E-state index is 0.275. The van der Waals surface area contributed by atoms with Crippen LogP contribution in [0.5, 0.6) is 0 Å². The van der Waals surface area contributed by atoms with Gasteiger partial charge in [-0.25, -0.2) is 0 Å². The number of nitrogens with one attached hydrogen (secondary N) is 1. The van der Waals surface area contributed by atoms with Gasteiger partial charge in [0.2, 0.25) is 0 Å². The average molecular weight is 624 g/mol. The van der Waals surface area contributed by atoms with Crippen LogP contribution in [0.4, 0.5) is 11.4 Å². The number of anilines is 2. The number of aliphatic hydroxyl groups is 7. The number of rotatable bonds is 9. The van der Waals surface area contributed by atoms with Crippen molar-refractivity contribution in [1.82, 2.24) is 0 Å². The van der Waals surface area contributed by atoms with E-state index in [-0.39, 0.29) is 10.3 Å². The molecular weight excluding hydrogens is 590 g/mol. The van der Waals surface area contributed by atoms with Crippen molar-refractivity contribution in [3.05, 3.63) is 66.7 Å². The van der Waals surface area contributed by atoms with E-state index in [9.17, 15) is 44.2 Å². The Kier molecular flexibility index (Phi) is 9.62. The maximum absolute atomic E-state index is 13.8. The van der Waals surface area contributed by atoms with Crippen LogP contribution in [-0.4, -0.2) is 119 Å². The SMILES string of the molecule is O=S(=O)(O[C@@H]1[C@@H](O)[C@@H](O[C@H]2[C@H](O)[C@@H](O)[C@H](O)O[C@@H]2CO)O[C@H](CO)[C@H]1O)c1cccc2cccc(Nc3ccccc3)c12. The molecule has 8 N–H and O–H groups in total. The molecule has 14 nitrogen and oxygen atoms in total. The van der Waals surface area contributed by atoms with Crippen molar-refractivity contribution in [2.75, 3.05) is 18.5 Å². The Hall–Kier alpha value is -2.77. The van der Waals surface area contributed by atoms with E-state index in [1.165, 1.54) is 12.1 Å². The number of aliphatic hydroxyl groups excluding tert-OH is 7. The van der Waals surface area contributed by atoms with Gasteiger partial charge in [0, 0.05) is 16.8 Å². The number of hydrogen-bond acceptors (Lipinski definition) is 14. The van der Waals surface area contributed by atoms with Crippen molar-refractivity contribution in [3.63, 3.8) is 0 Å². The van der Waals surface area contributed by atoms with E-state index >= 15 is 0 Å².